The molecule has 1 aromatic carbocycles. The van der Waals surface area contributed by atoms with Crippen molar-refractivity contribution in [3.63, 3.8) is 0 Å². The third-order valence-corrected chi connectivity index (χ3v) is 5.41. The van der Waals surface area contributed by atoms with Gasteiger partial charge in [-0.1, -0.05) is 24.3 Å². The van der Waals surface area contributed by atoms with Crippen LogP contribution >= 0.6 is 11.8 Å². The lowest BCUT2D eigenvalue weighted by Crippen LogP contribution is -2.17. The number of hydrogen-bond acceptors (Lipinski definition) is 4. The standard InChI is InChI=1S/C16H23NO2S/c1-12-5-3-4-6-13(12)14(17)10-20-11-16(7-8-16)9-15(18)19-2/h3-6,14H,7-11,17H2,1-2H3. The molecule has 20 heavy (non-hydrogen) atoms. The lowest BCUT2D eigenvalue weighted by atomic mass is 10.0. The Bertz CT molecular complexity index is 471. The van der Waals surface area contributed by atoms with Crippen molar-refractivity contribution < 1.29 is 9.53 Å². The first-order valence-corrected chi connectivity index (χ1v) is 8.17. The Balaban J connectivity index is 1.79. The van der Waals surface area contributed by atoms with E-state index in [1.54, 1.807) is 0 Å². The highest BCUT2D eigenvalue weighted by Crippen LogP contribution is 2.51. The third kappa shape index (κ3) is 4.00. The minimum atomic E-state index is -0.0914. The molecule has 1 aromatic rings. The Kier molecular flexibility index (Phi) is 5.11. The predicted molar refractivity (Wildman–Crippen MR) is 83.7 cm³/mol. The van der Waals surface area contributed by atoms with Gasteiger partial charge in [0.1, 0.15) is 0 Å². The van der Waals surface area contributed by atoms with Crippen molar-refractivity contribution in [2.45, 2.75) is 32.2 Å². The summed E-state index contributed by atoms with van der Waals surface area (Å²) in [4.78, 5) is 11.4. The van der Waals surface area contributed by atoms with Crippen molar-refractivity contribution in [1.82, 2.24) is 0 Å². The average molecular weight is 293 g/mol. The van der Waals surface area contributed by atoms with Gasteiger partial charge in [0, 0.05) is 11.8 Å². The lowest BCUT2D eigenvalue weighted by Gasteiger charge is -2.17. The molecule has 2 rings (SSSR count). The van der Waals surface area contributed by atoms with Crippen LogP contribution in [0.2, 0.25) is 0 Å². The van der Waals surface area contributed by atoms with Gasteiger partial charge in [0.2, 0.25) is 0 Å². The maximum atomic E-state index is 11.4. The van der Waals surface area contributed by atoms with E-state index >= 15 is 0 Å². The summed E-state index contributed by atoms with van der Waals surface area (Å²) in [5.74, 6) is 1.81. The van der Waals surface area contributed by atoms with Gasteiger partial charge in [-0.05, 0) is 42.1 Å². The normalized spacial score (nSPS) is 17.6. The summed E-state index contributed by atoms with van der Waals surface area (Å²) in [5, 5.41) is 0. The summed E-state index contributed by atoms with van der Waals surface area (Å²) in [7, 11) is 1.46. The molecule has 3 nitrogen and oxygen atoms in total. The van der Waals surface area contributed by atoms with Crippen LogP contribution in [0.25, 0.3) is 0 Å². The van der Waals surface area contributed by atoms with Gasteiger partial charge >= 0.3 is 5.97 Å². The minimum absolute atomic E-state index is 0.0649. The van der Waals surface area contributed by atoms with Gasteiger partial charge < -0.3 is 10.5 Å². The monoisotopic (exact) mass is 293 g/mol. The van der Waals surface area contributed by atoms with Crippen molar-refractivity contribution in [2.75, 3.05) is 18.6 Å². The van der Waals surface area contributed by atoms with Crippen molar-refractivity contribution >= 4 is 17.7 Å². The zero-order valence-corrected chi connectivity index (χ0v) is 13.0. The van der Waals surface area contributed by atoms with E-state index in [2.05, 4.69) is 19.1 Å². The highest BCUT2D eigenvalue weighted by molar-refractivity contribution is 7.99. The van der Waals surface area contributed by atoms with E-state index in [9.17, 15) is 4.79 Å². The second-order valence-corrected chi connectivity index (χ2v) is 6.76. The number of methoxy groups -OCH3 is 1. The van der Waals surface area contributed by atoms with Crippen LogP contribution < -0.4 is 5.73 Å². The van der Waals surface area contributed by atoms with E-state index in [0.29, 0.717) is 6.42 Å². The molecule has 0 heterocycles. The molecule has 0 saturated heterocycles. The molecule has 2 N–H and O–H groups in total. The van der Waals surface area contributed by atoms with E-state index in [0.717, 1.165) is 24.3 Å². The van der Waals surface area contributed by atoms with Crippen LogP contribution in [0.15, 0.2) is 24.3 Å². The first kappa shape index (κ1) is 15.4. The number of esters is 1. The van der Waals surface area contributed by atoms with Crippen LogP contribution in [0, 0.1) is 12.3 Å². The molecule has 1 aliphatic carbocycles. The molecule has 0 amide bonds. The van der Waals surface area contributed by atoms with E-state index in [4.69, 9.17) is 10.5 Å². The van der Waals surface area contributed by atoms with E-state index in [1.807, 2.05) is 23.9 Å². The fourth-order valence-corrected chi connectivity index (χ4v) is 3.80. The number of carbonyl (C=O) groups is 1. The summed E-state index contributed by atoms with van der Waals surface area (Å²) in [6, 6.07) is 8.33. The molecule has 110 valence electrons. The van der Waals surface area contributed by atoms with Crippen molar-refractivity contribution in [1.29, 1.82) is 0 Å². The minimum Gasteiger partial charge on any atom is -0.469 e. The summed E-state index contributed by atoms with van der Waals surface area (Å²) in [6.07, 6.45) is 2.82. The van der Waals surface area contributed by atoms with Crippen LogP contribution in [0.5, 0.6) is 0 Å². The zero-order chi connectivity index (χ0) is 14.6. The first-order chi connectivity index (χ1) is 9.56. The Labute approximate surface area is 125 Å². The van der Waals surface area contributed by atoms with Crippen LogP contribution in [0.1, 0.15) is 36.4 Å². The fourth-order valence-electron chi connectivity index (χ4n) is 2.42. The molecule has 1 fully saturated rings. The zero-order valence-electron chi connectivity index (χ0n) is 12.2. The maximum absolute atomic E-state index is 11.4. The third-order valence-electron chi connectivity index (χ3n) is 4.00. The number of ether oxygens (including phenoxy) is 1. The number of aryl methyl sites for hydroxylation is 1. The Morgan fingerprint density at radius 2 is 2.15 bits per heavy atom. The molecule has 0 aromatic heterocycles. The number of rotatable bonds is 7. The second-order valence-electron chi connectivity index (χ2n) is 5.73. The van der Waals surface area contributed by atoms with Crippen LogP contribution in [0.4, 0.5) is 0 Å². The molecule has 1 atom stereocenters. The molecule has 1 aliphatic rings. The van der Waals surface area contributed by atoms with Crippen LogP contribution in [-0.4, -0.2) is 24.6 Å². The van der Waals surface area contributed by atoms with Gasteiger partial charge in [-0.3, -0.25) is 4.79 Å². The first-order valence-electron chi connectivity index (χ1n) is 7.02. The number of benzene rings is 1. The SMILES string of the molecule is COC(=O)CC1(CSCC(N)c2ccccc2C)CC1. The van der Waals surface area contributed by atoms with Gasteiger partial charge in [0.15, 0.2) is 0 Å². The van der Waals surface area contributed by atoms with Crippen LogP contribution in [0.3, 0.4) is 0 Å². The summed E-state index contributed by atoms with van der Waals surface area (Å²) >= 11 is 1.85. The average Bonchev–Trinajstić information content (AvgIpc) is 3.18. The van der Waals surface area contributed by atoms with Crippen molar-refractivity contribution in [3.05, 3.63) is 35.4 Å². The Morgan fingerprint density at radius 3 is 2.75 bits per heavy atom. The largest absolute Gasteiger partial charge is 0.469 e. The maximum Gasteiger partial charge on any atom is 0.306 e. The van der Waals surface area contributed by atoms with Gasteiger partial charge in [-0.15, -0.1) is 0 Å². The highest BCUT2D eigenvalue weighted by Gasteiger charge is 2.44. The van der Waals surface area contributed by atoms with Gasteiger partial charge in [0.25, 0.3) is 0 Å². The van der Waals surface area contributed by atoms with E-state index < -0.39 is 0 Å². The van der Waals surface area contributed by atoms with Gasteiger partial charge in [-0.2, -0.15) is 11.8 Å². The molecule has 0 bridgehead atoms. The summed E-state index contributed by atoms with van der Waals surface area (Å²) in [6.45, 7) is 2.10. The van der Waals surface area contributed by atoms with Gasteiger partial charge in [-0.25, -0.2) is 0 Å². The summed E-state index contributed by atoms with van der Waals surface area (Å²) < 4.78 is 4.77. The number of nitrogens with two attached hydrogens (primary N) is 1. The second kappa shape index (κ2) is 6.64. The molecule has 1 unspecified atom stereocenters. The Morgan fingerprint density at radius 1 is 1.45 bits per heavy atom. The van der Waals surface area contributed by atoms with Gasteiger partial charge in [0.05, 0.1) is 13.5 Å². The number of thioether (sulfide) groups is 1. The molecule has 0 radical (unpaired) electrons. The van der Waals surface area contributed by atoms with Crippen molar-refractivity contribution in [3.8, 4) is 0 Å². The van der Waals surface area contributed by atoms with E-state index in [-0.39, 0.29) is 17.4 Å². The predicted octanol–water partition coefficient (Wildman–Crippen LogP) is 3.07. The lowest BCUT2D eigenvalue weighted by molar-refractivity contribution is -0.141. The van der Waals surface area contributed by atoms with Crippen LogP contribution in [-0.2, 0) is 9.53 Å². The fraction of sp³-hybridized carbons (Fsp3) is 0.562. The molecule has 4 heteroatoms. The quantitative estimate of drug-likeness (QED) is 0.785. The molecule has 0 spiro atoms. The molecular weight excluding hydrogens is 270 g/mol. The number of hydrogen-bond donors (Lipinski definition) is 1. The summed E-state index contributed by atoms with van der Waals surface area (Å²) in [5.41, 5.74) is 8.91. The van der Waals surface area contributed by atoms with Crippen molar-refractivity contribution in [2.24, 2.45) is 11.1 Å². The van der Waals surface area contributed by atoms with E-state index in [1.165, 1.54) is 18.2 Å². The number of carbonyl (C=O) groups excluding carboxylic acids is 1. The smallest absolute Gasteiger partial charge is 0.306 e. The molecule has 1 saturated carbocycles. The topological polar surface area (TPSA) is 52.3 Å². The highest BCUT2D eigenvalue weighted by atomic mass is 32.2. The molecule has 0 aliphatic heterocycles. The molecular formula is C16H23NO2S. The Hall–Kier alpha value is -1.00.